The third-order valence-corrected chi connectivity index (χ3v) is 7.58. The van der Waals surface area contributed by atoms with Gasteiger partial charge in [-0.1, -0.05) is 0 Å². The van der Waals surface area contributed by atoms with Crippen molar-refractivity contribution < 1.29 is 42.1 Å². The van der Waals surface area contributed by atoms with Crippen molar-refractivity contribution in [2.24, 2.45) is 5.41 Å². The van der Waals surface area contributed by atoms with Crippen molar-refractivity contribution in [3.05, 3.63) is 65.1 Å². The third-order valence-electron chi connectivity index (χ3n) is 7.58. The summed E-state index contributed by atoms with van der Waals surface area (Å²) in [7, 11) is 1.49. The maximum atomic E-state index is 15.8. The predicted molar refractivity (Wildman–Crippen MR) is 137 cm³/mol. The van der Waals surface area contributed by atoms with Crippen molar-refractivity contribution in [2.75, 3.05) is 33.4 Å². The van der Waals surface area contributed by atoms with E-state index in [1.807, 2.05) is 4.90 Å². The number of nitrogens with one attached hydrogen (secondary N) is 1. The molecule has 3 aromatic rings. The van der Waals surface area contributed by atoms with Crippen LogP contribution in [-0.2, 0) is 11.4 Å². The number of pyridine rings is 1. The van der Waals surface area contributed by atoms with Gasteiger partial charge in [0.2, 0.25) is 11.7 Å². The second kappa shape index (κ2) is 12.8. The number of rotatable bonds is 11. The van der Waals surface area contributed by atoms with Gasteiger partial charge in [-0.05, 0) is 57.0 Å². The van der Waals surface area contributed by atoms with Gasteiger partial charge >= 0.3 is 0 Å². The lowest BCUT2D eigenvalue weighted by Gasteiger charge is -2.40. The quantitative estimate of drug-likeness (QED) is 0.135. The van der Waals surface area contributed by atoms with Crippen molar-refractivity contribution in [3.8, 4) is 11.5 Å². The summed E-state index contributed by atoms with van der Waals surface area (Å²) in [5.41, 5.74) is 1.82. The molecule has 4 rings (SSSR count). The molecule has 1 amide bonds. The summed E-state index contributed by atoms with van der Waals surface area (Å²) in [6.07, 6.45) is 0.565. The molecule has 12 heteroatoms. The Morgan fingerprint density at radius 2 is 1.95 bits per heavy atom. The largest absolute Gasteiger partial charge is 0.497 e. The molecule has 1 saturated heterocycles. The van der Waals surface area contributed by atoms with Gasteiger partial charge in [0.25, 0.3) is 0 Å². The Morgan fingerprint density at radius 3 is 2.62 bits per heavy atom. The number of fused-ring (bicyclic) bond motifs is 1. The number of aliphatic hydroxyl groups excluding tert-OH is 1. The number of likely N-dealkylation sites (tertiary alicyclic amines) is 1. The number of benzene rings is 2. The lowest BCUT2D eigenvalue weighted by molar-refractivity contribution is -0.143. The first-order valence-electron chi connectivity index (χ1n) is 12.9. The van der Waals surface area contributed by atoms with E-state index in [0.29, 0.717) is 60.8 Å². The van der Waals surface area contributed by atoms with Crippen LogP contribution in [0.5, 0.6) is 11.5 Å². The molecule has 1 aliphatic heterocycles. The van der Waals surface area contributed by atoms with E-state index in [1.165, 1.54) is 13.3 Å². The first-order valence-corrected chi connectivity index (χ1v) is 12.9. The average Bonchev–Trinajstić information content (AvgIpc) is 2.97. The molecule has 0 saturated carbocycles. The molecule has 1 aliphatic rings. The highest BCUT2D eigenvalue weighted by molar-refractivity contribution is 5.85. The van der Waals surface area contributed by atoms with Crippen molar-refractivity contribution in [1.82, 2.24) is 15.4 Å². The fraction of sp³-hybridized carbons (Fsp3) is 0.429. The number of ether oxygens (including phenoxy) is 2. The van der Waals surface area contributed by atoms with Crippen LogP contribution in [0, 0.1) is 22.9 Å². The second-order valence-electron chi connectivity index (χ2n) is 9.86. The van der Waals surface area contributed by atoms with E-state index in [4.69, 9.17) is 9.47 Å². The Balaban J connectivity index is 1.42. The van der Waals surface area contributed by atoms with E-state index in [-0.39, 0.29) is 25.0 Å². The van der Waals surface area contributed by atoms with Gasteiger partial charge in [0.15, 0.2) is 11.6 Å². The summed E-state index contributed by atoms with van der Waals surface area (Å²) in [5.74, 6) is -4.20. The summed E-state index contributed by atoms with van der Waals surface area (Å²) in [6, 6.07) is 6.26. The molecule has 2 aromatic carbocycles. The fourth-order valence-corrected chi connectivity index (χ4v) is 5.24. The molecule has 1 fully saturated rings. The molecule has 3 N–H and O–H groups in total. The van der Waals surface area contributed by atoms with Gasteiger partial charge < -0.3 is 14.6 Å². The van der Waals surface area contributed by atoms with Crippen molar-refractivity contribution >= 4 is 16.8 Å². The number of nitrogens with zero attached hydrogens (tertiary/aromatic N) is 2. The number of aliphatic hydroxyl groups is 1. The Morgan fingerprint density at radius 1 is 1.20 bits per heavy atom. The SMILES string of the molecule is COc1ccc2ncc(CO)c([C@H](F)CCC3(C(=O)NO)CCN(CCOc4cc(F)cc(F)c4F)CC3)c2c1. The number of alkyl halides is 1. The first kappa shape index (κ1) is 29.5. The highest BCUT2D eigenvalue weighted by Crippen LogP contribution is 2.41. The molecule has 1 aromatic heterocycles. The normalized spacial score (nSPS) is 16.1. The summed E-state index contributed by atoms with van der Waals surface area (Å²) < 4.78 is 66.9. The molecule has 8 nitrogen and oxygen atoms in total. The topological polar surface area (TPSA) is 104 Å². The number of amides is 1. The number of carbonyl (C=O) groups is 1. The van der Waals surface area contributed by atoms with E-state index < -0.39 is 47.3 Å². The van der Waals surface area contributed by atoms with Crippen LogP contribution in [-0.4, -0.2) is 59.5 Å². The number of piperidine rings is 1. The molecule has 0 bridgehead atoms. The van der Waals surface area contributed by atoms with Gasteiger partial charge in [-0.2, -0.15) is 4.39 Å². The minimum absolute atomic E-state index is 0.0475. The number of carbonyl (C=O) groups excluding carboxylic acids is 1. The average molecular weight is 566 g/mol. The molecule has 2 heterocycles. The highest BCUT2D eigenvalue weighted by atomic mass is 19.2. The zero-order valence-corrected chi connectivity index (χ0v) is 21.9. The molecule has 1 atom stereocenters. The first-order chi connectivity index (χ1) is 19.2. The van der Waals surface area contributed by atoms with Gasteiger partial charge in [-0.3, -0.25) is 19.9 Å². The predicted octanol–water partition coefficient (Wildman–Crippen LogP) is 4.61. The monoisotopic (exact) mass is 565 g/mol. The lowest BCUT2D eigenvalue weighted by atomic mass is 9.73. The Bertz CT molecular complexity index is 1350. The Kier molecular flexibility index (Phi) is 9.44. The maximum Gasteiger partial charge on any atom is 0.249 e. The van der Waals surface area contributed by atoms with Crippen molar-refractivity contribution in [1.29, 1.82) is 0 Å². The minimum atomic E-state index is -1.53. The highest BCUT2D eigenvalue weighted by Gasteiger charge is 2.41. The number of aromatic nitrogens is 1. The second-order valence-corrected chi connectivity index (χ2v) is 9.86. The zero-order chi connectivity index (χ0) is 28.9. The van der Waals surface area contributed by atoms with Gasteiger partial charge in [-0.15, -0.1) is 0 Å². The van der Waals surface area contributed by atoms with Crippen LogP contribution in [0.3, 0.4) is 0 Å². The summed E-state index contributed by atoms with van der Waals surface area (Å²) >= 11 is 0. The van der Waals surface area contributed by atoms with Crippen LogP contribution < -0.4 is 15.0 Å². The number of hydroxylamine groups is 1. The Labute approximate surface area is 228 Å². The molecule has 0 aliphatic carbocycles. The van der Waals surface area contributed by atoms with Crippen molar-refractivity contribution in [3.63, 3.8) is 0 Å². The van der Waals surface area contributed by atoms with Crippen LogP contribution in [0.25, 0.3) is 10.9 Å². The standard InChI is InChI=1S/C28H31F4N3O5/c1-39-19-2-3-23-20(14-19)25(17(16-36)15-33-23)21(30)4-5-28(27(37)34-38)6-8-35(9-7-28)10-11-40-24-13-18(29)12-22(31)26(24)32/h2-3,12-15,21,36,38H,4-11,16H2,1H3,(H,34,37)/t21-/m1/s1. The third kappa shape index (κ3) is 6.29. The van der Waals surface area contributed by atoms with Crippen LogP contribution in [0.2, 0.25) is 0 Å². The number of hydrogen-bond acceptors (Lipinski definition) is 7. The van der Waals surface area contributed by atoms with Crippen LogP contribution in [0.15, 0.2) is 36.5 Å². The van der Waals surface area contributed by atoms with Crippen LogP contribution in [0.4, 0.5) is 17.6 Å². The Hall–Kier alpha value is -3.48. The van der Waals surface area contributed by atoms with Crippen LogP contribution >= 0.6 is 0 Å². The molecule has 0 unspecified atom stereocenters. The van der Waals surface area contributed by atoms with Gasteiger partial charge in [-0.25, -0.2) is 18.7 Å². The van der Waals surface area contributed by atoms with Gasteiger partial charge in [0.1, 0.15) is 24.3 Å². The van der Waals surface area contributed by atoms with E-state index in [0.717, 1.165) is 6.07 Å². The molecule has 216 valence electrons. The van der Waals surface area contributed by atoms with Gasteiger partial charge in [0, 0.05) is 41.4 Å². The number of methoxy groups -OCH3 is 1. The fourth-order valence-electron chi connectivity index (χ4n) is 5.24. The zero-order valence-electron chi connectivity index (χ0n) is 21.9. The van der Waals surface area contributed by atoms with E-state index in [1.54, 1.807) is 23.7 Å². The van der Waals surface area contributed by atoms with E-state index in [2.05, 4.69) is 4.98 Å². The summed E-state index contributed by atoms with van der Waals surface area (Å²) in [5, 5.41) is 19.8. The number of hydrogen-bond donors (Lipinski definition) is 3. The molecule has 0 spiro atoms. The minimum Gasteiger partial charge on any atom is -0.497 e. The lowest BCUT2D eigenvalue weighted by Crippen LogP contribution is -2.49. The van der Waals surface area contributed by atoms with Crippen LogP contribution in [0.1, 0.15) is 43.0 Å². The molecule has 0 radical (unpaired) electrons. The van der Waals surface area contributed by atoms with Gasteiger partial charge in [0.05, 0.1) is 24.6 Å². The molecule has 40 heavy (non-hydrogen) atoms. The maximum absolute atomic E-state index is 15.8. The summed E-state index contributed by atoms with van der Waals surface area (Å²) in [4.78, 5) is 19.0. The summed E-state index contributed by atoms with van der Waals surface area (Å²) in [6.45, 7) is 0.621. The number of halogens is 4. The molecular weight excluding hydrogens is 534 g/mol. The van der Waals surface area contributed by atoms with E-state index >= 15 is 4.39 Å². The molecular formula is C28H31F4N3O5. The van der Waals surface area contributed by atoms with Crippen molar-refractivity contribution in [2.45, 2.75) is 38.5 Å². The smallest absolute Gasteiger partial charge is 0.249 e. The van der Waals surface area contributed by atoms with E-state index in [9.17, 15) is 28.3 Å².